The number of fused-ring (bicyclic) bond motifs is 1. The minimum atomic E-state index is -0.573. The number of aromatic nitrogens is 2. The zero-order chi connectivity index (χ0) is 21.7. The molecule has 3 rings (SSSR count). The molecule has 2 amide bonds. The summed E-state index contributed by atoms with van der Waals surface area (Å²) < 4.78 is 2.03. The highest BCUT2D eigenvalue weighted by molar-refractivity contribution is 7.99. The monoisotopic (exact) mass is 447 g/mol. The second-order valence-electron chi connectivity index (χ2n) is 6.27. The predicted octanol–water partition coefficient (Wildman–Crippen LogP) is 3.56. The van der Waals surface area contributed by atoms with E-state index in [0.717, 1.165) is 24.0 Å². The maximum absolute atomic E-state index is 12.1. The molecule has 1 heterocycles. The van der Waals surface area contributed by atoms with Crippen molar-refractivity contribution < 1.29 is 14.5 Å². The number of nitrogens with one attached hydrogen (secondary N) is 2. The second kappa shape index (κ2) is 9.59. The lowest BCUT2D eigenvalue weighted by molar-refractivity contribution is -0.384. The molecular formula is C19H18ClN5O4S. The quantitative estimate of drug-likeness (QED) is 0.324. The highest BCUT2D eigenvalue weighted by Gasteiger charge is 2.14. The van der Waals surface area contributed by atoms with Crippen molar-refractivity contribution in [2.24, 2.45) is 0 Å². The molecular weight excluding hydrogens is 430 g/mol. The molecule has 0 atom stereocenters. The number of carbonyl (C=O) groups is 2. The average Bonchev–Trinajstić information content (AvgIpc) is 3.07. The van der Waals surface area contributed by atoms with E-state index in [-0.39, 0.29) is 17.0 Å². The molecule has 0 aliphatic rings. The number of hydrogen-bond donors (Lipinski definition) is 2. The first-order valence-electron chi connectivity index (χ1n) is 9.01. The number of amides is 2. The lowest BCUT2D eigenvalue weighted by atomic mass is 10.2. The summed E-state index contributed by atoms with van der Waals surface area (Å²) in [5.74, 6) is -0.944. The summed E-state index contributed by atoms with van der Waals surface area (Å²) in [4.78, 5) is 38.9. The molecule has 2 N–H and O–H groups in total. The lowest BCUT2D eigenvalue weighted by Crippen LogP contribution is -2.42. The Morgan fingerprint density at radius 3 is 2.60 bits per heavy atom. The molecule has 0 radical (unpaired) electrons. The van der Waals surface area contributed by atoms with Crippen molar-refractivity contribution >= 4 is 51.9 Å². The summed E-state index contributed by atoms with van der Waals surface area (Å²) in [6.07, 6.45) is 0.902. The summed E-state index contributed by atoms with van der Waals surface area (Å²) in [5.41, 5.74) is 6.39. The van der Waals surface area contributed by atoms with Gasteiger partial charge in [-0.3, -0.25) is 30.6 Å². The van der Waals surface area contributed by atoms with Crippen molar-refractivity contribution in [3.63, 3.8) is 0 Å². The van der Waals surface area contributed by atoms with Crippen LogP contribution in [0.4, 0.5) is 5.69 Å². The van der Waals surface area contributed by atoms with Gasteiger partial charge in [0.05, 0.1) is 21.7 Å². The molecule has 0 unspecified atom stereocenters. The minimum Gasteiger partial charge on any atom is -0.319 e. The van der Waals surface area contributed by atoms with Gasteiger partial charge < -0.3 is 4.57 Å². The number of nitro groups is 1. The molecule has 30 heavy (non-hydrogen) atoms. The first kappa shape index (κ1) is 21.6. The predicted molar refractivity (Wildman–Crippen MR) is 114 cm³/mol. The molecule has 0 saturated heterocycles. The minimum absolute atomic E-state index is 0.0430. The molecule has 0 fully saturated rings. The number of nitrogens with zero attached hydrogens (tertiary/aromatic N) is 3. The van der Waals surface area contributed by atoms with Gasteiger partial charge in [-0.15, -0.1) is 0 Å². The van der Waals surface area contributed by atoms with E-state index in [4.69, 9.17) is 11.6 Å². The zero-order valence-electron chi connectivity index (χ0n) is 15.9. The normalized spacial score (nSPS) is 10.7. The van der Waals surface area contributed by atoms with E-state index in [2.05, 4.69) is 22.8 Å². The Bertz CT molecular complexity index is 1100. The Hall–Kier alpha value is -3.11. The van der Waals surface area contributed by atoms with Gasteiger partial charge in [-0.05, 0) is 36.8 Å². The fourth-order valence-electron chi connectivity index (χ4n) is 2.73. The third kappa shape index (κ3) is 5.08. The number of imidazole rings is 1. The highest BCUT2D eigenvalue weighted by Crippen LogP contribution is 2.26. The van der Waals surface area contributed by atoms with Crippen LogP contribution in [0.1, 0.15) is 23.7 Å². The van der Waals surface area contributed by atoms with E-state index in [1.54, 1.807) is 12.1 Å². The molecule has 0 spiro atoms. The lowest BCUT2D eigenvalue weighted by Gasteiger charge is -2.09. The van der Waals surface area contributed by atoms with Gasteiger partial charge in [0, 0.05) is 29.3 Å². The molecule has 0 aliphatic heterocycles. The van der Waals surface area contributed by atoms with Gasteiger partial charge in [0.15, 0.2) is 5.16 Å². The molecule has 0 bridgehead atoms. The topological polar surface area (TPSA) is 119 Å². The van der Waals surface area contributed by atoms with Crippen LogP contribution in [0.3, 0.4) is 0 Å². The van der Waals surface area contributed by atoms with Crippen LogP contribution in [0.25, 0.3) is 11.0 Å². The Morgan fingerprint density at radius 2 is 1.93 bits per heavy atom. The van der Waals surface area contributed by atoms with Gasteiger partial charge >= 0.3 is 0 Å². The standard InChI is InChI=1S/C19H18ClN5O4S/c1-2-9-24-16-8-5-13(20)10-15(16)21-19(24)30-11-17(26)22-23-18(27)12-3-6-14(7-4-12)25(28)29/h3-8,10H,2,9,11H2,1H3,(H,22,26)(H,23,27). The molecule has 3 aromatic rings. The average molecular weight is 448 g/mol. The van der Waals surface area contributed by atoms with Crippen molar-refractivity contribution in [3.8, 4) is 0 Å². The molecule has 156 valence electrons. The molecule has 1 aromatic heterocycles. The number of halogens is 1. The second-order valence-corrected chi connectivity index (χ2v) is 7.65. The van der Waals surface area contributed by atoms with Gasteiger partial charge in [-0.1, -0.05) is 30.3 Å². The summed E-state index contributed by atoms with van der Waals surface area (Å²) >= 11 is 7.29. The van der Waals surface area contributed by atoms with Gasteiger partial charge in [0.2, 0.25) is 5.91 Å². The van der Waals surface area contributed by atoms with Crippen molar-refractivity contribution in [1.82, 2.24) is 20.4 Å². The molecule has 0 saturated carbocycles. The third-order valence-electron chi connectivity index (χ3n) is 4.11. The number of carbonyl (C=O) groups excluding carboxylic acids is 2. The SMILES string of the molecule is CCCn1c(SCC(=O)NNC(=O)c2ccc([N+](=O)[O-])cc2)nc2cc(Cl)ccc21. The van der Waals surface area contributed by atoms with Crippen LogP contribution in [-0.4, -0.2) is 32.0 Å². The van der Waals surface area contributed by atoms with Crippen LogP contribution in [0.2, 0.25) is 5.02 Å². The summed E-state index contributed by atoms with van der Waals surface area (Å²) in [6.45, 7) is 2.80. The molecule has 2 aromatic carbocycles. The summed E-state index contributed by atoms with van der Waals surface area (Å²) in [7, 11) is 0. The first-order chi connectivity index (χ1) is 14.4. The van der Waals surface area contributed by atoms with E-state index in [1.165, 1.54) is 36.0 Å². The Balaban J connectivity index is 1.58. The fourth-order valence-corrected chi connectivity index (χ4v) is 3.74. The van der Waals surface area contributed by atoms with Gasteiger partial charge in [0.1, 0.15) is 0 Å². The number of hydrogen-bond acceptors (Lipinski definition) is 6. The van der Waals surface area contributed by atoms with Crippen LogP contribution < -0.4 is 10.9 Å². The van der Waals surface area contributed by atoms with Gasteiger partial charge in [-0.25, -0.2) is 4.98 Å². The van der Waals surface area contributed by atoms with Crippen molar-refractivity contribution in [3.05, 3.63) is 63.2 Å². The van der Waals surface area contributed by atoms with E-state index < -0.39 is 16.7 Å². The summed E-state index contributed by atoms with van der Waals surface area (Å²) in [6, 6.07) is 10.5. The maximum Gasteiger partial charge on any atom is 0.269 e. The van der Waals surface area contributed by atoms with Gasteiger partial charge in [-0.2, -0.15) is 0 Å². The fraction of sp³-hybridized carbons (Fsp3) is 0.211. The summed E-state index contributed by atoms with van der Waals surface area (Å²) in [5, 5.41) is 11.9. The van der Waals surface area contributed by atoms with E-state index in [1.807, 2.05) is 10.6 Å². The number of aryl methyl sites for hydroxylation is 1. The maximum atomic E-state index is 12.1. The van der Waals surface area contributed by atoms with Crippen LogP contribution >= 0.6 is 23.4 Å². The largest absolute Gasteiger partial charge is 0.319 e. The van der Waals surface area contributed by atoms with Crippen molar-refractivity contribution in [1.29, 1.82) is 0 Å². The smallest absolute Gasteiger partial charge is 0.269 e. The van der Waals surface area contributed by atoms with Crippen molar-refractivity contribution in [2.75, 3.05) is 5.75 Å². The number of benzene rings is 2. The number of nitro benzene ring substituents is 1. The number of thioether (sulfide) groups is 1. The number of rotatable bonds is 7. The highest BCUT2D eigenvalue weighted by atomic mass is 35.5. The van der Waals surface area contributed by atoms with Crippen molar-refractivity contribution in [2.45, 2.75) is 25.0 Å². The molecule has 0 aliphatic carbocycles. The number of hydrazine groups is 1. The Morgan fingerprint density at radius 1 is 1.20 bits per heavy atom. The third-order valence-corrected chi connectivity index (χ3v) is 5.32. The molecule has 11 heteroatoms. The Kier molecular flexibility index (Phi) is 6.91. The molecule has 9 nitrogen and oxygen atoms in total. The van der Waals surface area contributed by atoms with E-state index >= 15 is 0 Å². The van der Waals surface area contributed by atoms with Crippen LogP contribution in [0, 0.1) is 10.1 Å². The Labute approximate surface area is 180 Å². The van der Waals surface area contributed by atoms with Crippen LogP contribution in [0.15, 0.2) is 47.6 Å². The first-order valence-corrected chi connectivity index (χ1v) is 10.4. The van der Waals surface area contributed by atoms with E-state index in [0.29, 0.717) is 10.2 Å². The van der Waals surface area contributed by atoms with Crippen LogP contribution in [-0.2, 0) is 11.3 Å². The zero-order valence-corrected chi connectivity index (χ0v) is 17.5. The number of non-ortho nitro benzene ring substituents is 1. The van der Waals surface area contributed by atoms with E-state index in [9.17, 15) is 19.7 Å². The van der Waals surface area contributed by atoms with Crippen LogP contribution in [0.5, 0.6) is 0 Å². The van der Waals surface area contributed by atoms with Gasteiger partial charge in [0.25, 0.3) is 11.6 Å².